The largest absolute Gasteiger partial charge is 0.369 e. The topological polar surface area (TPSA) is 82.1 Å². The molecule has 0 bridgehead atoms. The quantitative estimate of drug-likeness (QED) is 0.454. The van der Waals surface area contributed by atoms with Gasteiger partial charge in [-0.05, 0) is 51.0 Å². The van der Waals surface area contributed by atoms with Gasteiger partial charge in [0.25, 0.3) is 0 Å². The zero-order chi connectivity index (χ0) is 24.4. The lowest BCUT2D eigenvalue weighted by atomic mass is 9.95. The molecule has 3 aromatic heterocycles. The minimum Gasteiger partial charge on any atom is -0.369 e. The lowest BCUT2D eigenvalue weighted by Crippen LogP contribution is -2.46. The number of hydrogen-bond acceptors (Lipinski definition) is 9. The molecular weight excluding hydrogens is 456 g/mol. The third-order valence-electron chi connectivity index (χ3n) is 6.86. The van der Waals surface area contributed by atoms with Gasteiger partial charge in [-0.2, -0.15) is 0 Å². The molecule has 0 unspecified atom stereocenters. The second-order valence-electron chi connectivity index (χ2n) is 9.29. The van der Waals surface area contributed by atoms with Gasteiger partial charge in [-0.1, -0.05) is 18.5 Å². The molecule has 9 heteroatoms. The van der Waals surface area contributed by atoms with E-state index in [0.29, 0.717) is 18.0 Å². The molecule has 0 saturated carbocycles. The van der Waals surface area contributed by atoms with Gasteiger partial charge in [0.1, 0.15) is 5.82 Å². The number of fused-ring (bicyclic) bond motifs is 1. The highest BCUT2D eigenvalue weighted by Gasteiger charge is 2.33. The van der Waals surface area contributed by atoms with E-state index in [2.05, 4.69) is 54.4 Å². The zero-order valence-corrected chi connectivity index (χ0v) is 21.3. The van der Waals surface area contributed by atoms with Crippen LogP contribution in [0.3, 0.4) is 0 Å². The first-order valence-electron chi connectivity index (χ1n) is 12.0. The highest BCUT2D eigenvalue weighted by molar-refractivity contribution is 7.99. The van der Waals surface area contributed by atoms with Crippen LogP contribution < -0.4 is 10.0 Å². The lowest BCUT2D eigenvalue weighted by molar-refractivity contribution is 0.102. The van der Waals surface area contributed by atoms with Crippen molar-refractivity contribution in [3.05, 3.63) is 71.9 Å². The average molecular weight is 489 g/mol. The van der Waals surface area contributed by atoms with Crippen LogP contribution >= 0.6 is 11.9 Å². The van der Waals surface area contributed by atoms with Crippen molar-refractivity contribution in [3.8, 4) is 0 Å². The van der Waals surface area contributed by atoms with Crippen LogP contribution in [0.5, 0.6) is 0 Å². The monoisotopic (exact) mass is 488 g/mol. The lowest BCUT2D eigenvalue weighted by Gasteiger charge is -2.43. The summed E-state index contributed by atoms with van der Waals surface area (Å²) in [6.07, 6.45) is 9.83. The summed E-state index contributed by atoms with van der Waals surface area (Å²) in [7, 11) is 0. The SMILES string of the molecule is C=C(c1ccnc(NSC)c1)N1CC[C@@H](N2Cc3cnc(Nc4ccc(C)nc4)nc3C2)C[C@H]1C. The van der Waals surface area contributed by atoms with E-state index in [9.17, 15) is 0 Å². The highest BCUT2D eigenvalue weighted by atomic mass is 32.2. The summed E-state index contributed by atoms with van der Waals surface area (Å²) < 4.78 is 3.21. The maximum atomic E-state index is 4.81. The molecule has 182 valence electrons. The van der Waals surface area contributed by atoms with Crippen LogP contribution in [0.1, 0.15) is 42.3 Å². The van der Waals surface area contributed by atoms with Crippen molar-refractivity contribution in [2.75, 3.05) is 22.8 Å². The third-order valence-corrected chi connectivity index (χ3v) is 7.27. The molecule has 2 atom stereocenters. The summed E-state index contributed by atoms with van der Waals surface area (Å²) in [5.41, 5.74) is 6.42. The molecule has 5 rings (SSSR count). The van der Waals surface area contributed by atoms with E-state index in [-0.39, 0.29) is 0 Å². The van der Waals surface area contributed by atoms with Crippen molar-refractivity contribution >= 4 is 35.1 Å². The Morgan fingerprint density at radius 2 is 2.03 bits per heavy atom. The minimum atomic E-state index is 0.410. The summed E-state index contributed by atoms with van der Waals surface area (Å²) >= 11 is 1.54. The normalized spacial score (nSPS) is 19.9. The summed E-state index contributed by atoms with van der Waals surface area (Å²) in [6, 6.07) is 9.03. The Balaban J connectivity index is 1.20. The predicted octanol–water partition coefficient (Wildman–Crippen LogP) is 4.85. The van der Waals surface area contributed by atoms with Crippen LogP contribution in [-0.2, 0) is 13.1 Å². The smallest absolute Gasteiger partial charge is 0.227 e. The molecule has 2 aliphatic heterocycles. The summed E-state index contributed by atoms with van der Waals surface area (Å²) in [4.78, 5) is 23.1. The van der Waals surface area contributed by atoms with Gasteiger partial charge < -0.3 is 14.9 Å². The van der Waals surface area contributed by atoms with Gasteiger partial charge >= 0.3 is 0 Å². The Labute approximate surface area is 211 Å². The van der Waals surface area contributed by atoms with Crippen LogP contribution in [-0.4, -0.2) is 54.6 Å². The molecule has 1 fully saturated rings. The van der Waals surface area contributed by atoms with Gasteiger partial charge in [-0.15, -0.1) is 0 Å². The van der Waals surface area contributed by atoms with Gasteiger partial charge in [0.2, 0.25) is 5.95 Å². The molecule has 3 aromatic rings. The molecule has 5 heterocycles. The van der Waals surface area contributed by atoms with Gasteiger partial charge in [-0.25, -0.2) is 15.0 Å². The standard InChI is InChI=1S/C26H32N8S/c1-17-5-6-22(14-28-17)30-26-29-13-21-15-33(16-24(21)31-26)23-8-10-34(18(2)11-23)19(3)20-7-9-27-25(12-20)32-35-4/h5-7,9,12-14,18,23H,3,8,10-11,15-16H2,1-2,4H3,(H,27,32)(H,29,30,31)/t18-,23-/m1/s1. The Bertz CT molecular complexity index is 1200. The number of aryl methyl sites for hydroxylation is 1. The number of nitrogens with zero attached hydrogens (tertiary/aromatic N) is 6. The van der Waals surface area contributed by atoms with E-state index in [1.165, 1.54) is 5.56 Å². The summed E-state index contributed by atoms with van der Waals surface area (Å²) in [5.74, 6) is 1.49. The van der Waals surface area contributed by atoms with E-state index < -0.39 is 0 Å². The fraction of sp³-hybridized carbons (Fsp3) is 0.385. The van der Waals surface area contributed by atoms with E-state index >= 15 is 0 Å². The molecule has 1 saturated heterocycles. The number of piperidine rings is 1. The minimum absolute atomic E-state index is 0.410. The Kier molecular flexibility index (Phi) is 6.88. The Morgan fingerprint density at radius 1 is 1.14 bits per heavy atom. The second kappa shape index (κ2) is 10.2. The summed E-state index contributed by atoms with van der Waals surface area (Å²) in [5, 5.41) is 3.28. The van der Waals surface area contributed by atoms with E-state index in [1.54, 1.807) is 11.9 Å². The highest BCUT2D eigenvalue weighted by Crippen LogP contribution is 2.33. The van der Waals surface area contributed by atoms with Gasteiger partial charge in [0.15, 0.2) is 0 Å². The van der Waals surface area contributed by atoms with Crippen LogP contribution in [0, 0.1) is 6.92 Å². The number of rotatable bonds is 7. The van der Waals surface area contributed by atoms with Gasteiger partial charge in [-0.3, -0.25) is 9.88 Å². The molecular formula is C26H32N8S. The van der Waals surface area contributed by atoms with Crippen LogP contribution in [0.4, 0.5) is 17.5 Å². The number of nitrogens with one attached hydrogen (secondary N) is 2. The number of pyridine rings is 2. The Hall–Kier alpha value is -3.17. The third kappa shape index (κ3) is 5.26. The first-order chi connectivity index (χ1) is 17.0. The number of hydrogen-bond donors (Lipinski definition) is 2. The second-order valence-corrected chi connectivity index (χ2v) is 9.90. The van der Waals surface area contributed by atoms with Crippen molar-refractivity contribution in [1.29, 1.82) is 0 Å². The molecule has 0 aliphatic carbocycles. The van der Waals surface area contributed by atoms with Crippen molar-refractivity contribution < 1.29 is 0 Å². The fourth-order valence-corrected chi connectivity index (χ4v) is 5.30. The van der Waals surface area contributed by atoms with Crippen molar-refractivity contribution in [2.24, 2.45) is 0 Å². The molecule has 2 N–H and O–H groups in total. The average Bonchev–Trinajstić information content (AvgIpc) is 3.29. The molecule has 35 heavy (non-hydrogen) atoms. The van der Waals surface area contributed by atoms with Crippen LogP contribution in [0.15, 0.2) is 49.4 Å². The molecule has 0 spiro atoms. The first-order valence-corrected chi connectivity index (χ1v) is 13.2. The molecule has 0 radical (unpaired) electrons. The molecule has 2 aliphatic rings. The molecule has 0 aromatic carbocycles. The maximum Gasteiger partial charge on any atom is 0.227 e. The van der Waals surface area contributed by atoms with Crippen LogP contribution in [0.25, 0.3) is 5.70 Å². The van der Waals surface area contributed by atoms with Crippen LogP contribution in [0.2, 0.25) is 0 Å². The number of anilines is 3. The van der Waals surface area contributed by atoms with Gasteiger partial charge in [0, 0.05) is 72.9 Å². The molecule has 0 amide bonds. The van der Waals surface area contributed by atoms with Crippen molar-refractivity contribution in [1.82, 2.24) is 29.7 Å². The Morgan fingerprint density at radius 3 is 2.80 bits per heavy atom. The van der Waals surface area contributed by atoms with E-state index in [0.717, 1.165) is 66.6 Å². The number of aromatic nitrogens is 4. The van der Waals surface area contributed by atoms with E-state index in [4.69, 9.17) is 4.98 Å². The van der Waals surface area contributed by atoms with Crippen molar-refractivity contribution in [3.63, 3.8) is 0 Å². The van der Waals surface area contributed by atoms with Crippen molar-refractivity contribution in [2.45, 2.75) is 51.9 Å². The van der Waals surface area contributed by atoms with E-state index in [1.807, 2.05) is 50.0 Å². The maximum absolute atomic E-state index is 4.81. The van der Waals surface area contributed by atoms with Gasteiger partial charge in [0.05, 0.1) is 17.6 Å². The first kappa shape index (κ1) is 23.6. The fourth-order valence-electron chi connectivity index (χ4n) is 4.98. The number of likely N-dealkylation sites (tertiary alicyclic amines) is 1. The predicted molar refractivity (Wildman–Crippen MR) is 143 cm³/mol. The summed E-state index contributed by atoms with van der Waals surface area (Å²) in [6.45, 7) is 11.5. The zero-order valence-electron chi connectivity index (χ0n) is 20.5. The molecule has 8 nitrogen and oxygen atoms in total.